The van der Waals surface area contributed by atoms with E-state index in [1.807, 2.05) is 0 Å². The zero-order valence-corrected chi connectivity index (χ0v) is 16.0. The molecular formula is C15H25N7O4S. The molecule has 0 aliphatic carbocycles. The molecule has 0 bridgehead atoms. The Morgan fingerprint density at radius 2 is 2.19 bits per heavy atom. The van der Waals surface area contributed by atoms with Gasteiger partial charge in [0.1, 0.15) is 12.4 Å². The Bertz CT molecular complexity index is 648. The number of amides is 1. The maximum absolute atomic E-state index is 12.1. The molecule has 0 aromatic carbocycles. The summed E-state index contributed by atoms with van der Waals surface area (Å²) in [6.45, 7) is 7.06. The molecule has 1 aliphatic rings. The van der Waals surface area contributed by atoms with Crippen LogP contribution in [0.5, 0.6) is 0 Å². The van der Waals surface area contributed by atoms with Crippen molar-refractivity contribution in [3.05, 3.63) is 22.5 Å². The van der Waals surface area contributed by atoms with E-state index in [1.54, 1.807) is 6.92 Å². The summed E-state index contributed by atoms with van der Waals surface area (Å²) in [5.74, 6) is -0.730. The molecule has 2 rings (SSSR count). The third-order valence-electron chi connectivity index (χ3n) is 4.08. The summed E-state index contributed by atoms with van der Waals surface area (Å²) in [6.07, 6.45) is 3.38. The predicted molar refractivity (Wildman–Crippen MR) is 102 cm³/mol. The number of nitrogens with one attached hydrogen (secondary N) is 3. The van der Waals surface area contributed by atoms with Gasteiger partial charge in [-0.05, 0) is 25.2 Å². The van der Waals surface area contributed by atoms with Crippen LogP contribution in [0.25, 0.3) is 0 Å². The molecule has 1 amide bonds. The van der Waals surface area contributed by atoms with E-state index in [-0.39, 0.29) is 18.1 Å². The van der Waals surface area contributed by atoms with E-state index in [4.69, 9.17) is 17.0 Å². The topological polar surface area (TPSA) is 127 Å². The van der Waals surface area contributed by atoms with Crippen LogP contribution in [-0.2, 0) is 16.1 Å². The highest BCUT2D eigenvalue weighted by Crippen LogP contribution is 2.09. The first-order chi connectivity index (χ1) is 13.0. The molecule has 1 aliphatic heterocycles. The minimum Gasteiger partial charge on any atom is -0.379 e. The minimum absolute atomic E-state index is 0.108. The summed E-state index contributed by atoms with van der Waals surface area (Å²) in [6, 6.07) is 0. The van der Waals surface area contributed by atoms with Crippen molar-refractivity contribution >= 4 is 28.9 Å². The van der Waals surface area contributed by atoms with E-state index >= 15 is 0 Å². The van der Waals surface area contributed by atoms with E-state index in [9.17, 15) is 14.9 Å². The quantitative estimate of drug-likeness (QED) is 0.232. The van der Waals surface area contributed by atoms with Crippen molar-refractivity contribution in [2.24, 2.45) is 5.92 Å². The standard InChI is InChI=1S/C15H25N7O4S/c1-12(10-21-11-13(9-17-21)22(24)25)14(23)18-19-15(27)16-3-2-4-20-5-7-26-8-6-20/h9,11-12H,2-8,10H2,1H3,(H,18,23)(H2,16,19,27). The van der Waals surface area contributed by atoms with Gasteiger partial charge in [0.05, 0.1) is 30.6 Å². The average molecular weight is 399 g/mol. The molecular weight excluding hydrogens is 374 g/mol. The van der Waals surface area contributed by atoms with E-state index in [0.717, 1.165) is 45.5 Å². The zero-order chi connectivity index (χ0) is 19.6. The monoisotopic (exact) mass is 399 g/mol. The SMILES string of the molecule is CC(Cn1cc([N+](=O)[O-])cn1)C(=O)NNC(=S)NCCCN1CCOCC1. The van der Waals surface area contributed by atoms with Gasteiger partial charge in [0, 0.05) is 19.6 Å². The highest BCUT2D eigenvalue weighted by atomic mass is 32.1. The molecule has 2 heterocycles. The largest absolute Gasteiger partial charge is 0.379 e. The van der Waals surface area contributed by atoms with Crippen LogP contribution in [0.15, 0.2) is 12.4 Å². The van der Waals surface area contributed by atoms with Crippen molar-refractivity contribution < 1.29 is 14.5 Å². The van der Waals surface area contributed by atoms with Crippen molar-refractivity contribution in [1.29, 1.82) is 0 Å². The Balaban J connectivity index is 1.59. The molecule has 11 nitrogen and oxygen atoms in total. The summed E-state index contributed by atoms with van der Waals surface area (Å²) in [7, 11) is 0. The van der Waals surface area contributed by atoms with Crippen LogP contribution < -0.4 is 16.2 Å². The fraction of sp³-hybridized carbons (Fsp3) is 0.667. The van der Waals surface area contributed by atoms with Gasteiger partial charge in [0.15, 0.2) is 5.11 Å². The van der Waals surface area contributed by atoms with E-state index in [0.29, 0.717) is 11.7 Å². The third-order valence-corrected chi connectivity index (χ3v) is 4.32. The summed E-state index contributed by atoms with van der Waals surface area (Å²) >= 11 is 5.13. The van der Waals surface area contributed by atoms with Gasteiger partial charge < -0.3 is 10.1 Å². The van der Waals surface area contributed by atoms with Gasteiger partial charge in [-0.2, -0.15) is 5.10 Å². The number of hydrogen-bond donors (Lipinski definition) is 3. The van der Waals surface area contributed by atoms with Crippen molar-refractivity contribution in [2.45, 2.75) is 19.9 Å². The van der Waals surface area contributed by atoms with Gasteiger partial charge in [-0.15, -0.1) is 0 Å². The van der Waals surface area contributed by atoms with Crippen molar-refractivity contribution in [3.8, 4) is 0 Å². The van der Waals surface area contributed by atoms with Crippen LogP contribution in [-0.4, -0.2) is 70.0 Å². The van der Waals surface area contributed by atoms with Crippen molar-refractivity contribution in [2.75, 3.05) is 39.4 Å². The van der Waals surface area contributed by atoms with E-state index in [2.05, 4.69) is 26.2 Å². The van der Waals surface area contributed by atoms with Crippen LogP contribution in [0.3, 0.4) is 0 Å². The first-order valence-corrected chi connectivity index (χ1v) is 9.17. The molecule has 1 unspecified atom stereocenters. The second-order valence-corrected chi connectivity index (χ2v) is 6.66. The summed E-state index contributed by atoms with van der Waals surface area (Å²) < 4.78 is 6.67. The van der Waals surface area contributed by atoms with Gasteiger partial charge >= 0.3 is 5.69 Å². The molecule has 1 aromatic rings. The number of nitro groups is 1. The van der Waals surface area contributed by atoms with Crippen LogP contribution >= 0.6 is 12.2 Å². The Hall–Kier alpha value is -2.31. The van der Waals surface area contributed by atoms with Gasteiger partial charge in [-0.1, -0.05) is 6.92 Å². The minimum atomic E-state index is -0.529. The van der Waals surface area contributed by atoms with Gasteiger partial charge in [0.2, 0.25) is 5.91 Å². The number of hydrogen-bond acceptors (Lipinski definition) is 7. The predicted octanol–water partition coefficient (Wildman–Crippen LogP) is -0.355. The molecule has 0 spiro atoms. The number of carbonyl (C=O) groups is 1. The second kappa shape index (κ2) is 10.7. The number of rotatable bonds is 8. The fourth-order valence-electron chi connectivity index (χ4n) is 2.53. The lowest BCUT2D eigenvalue weighted by atomic mass is 10.2. The molecule has 0 saturated carbocycles. The number of carbonyl (C=O) groups excluding carboxylic acids is 1. The Morgan fingerprint density at radius 3 is 2.85 bits per heavy atom. The Labute approximate surface area is 162 Å². The number of aromatic nitrogens is 2. The van der Waals surface area contributed by atoms with Crippen LogP contribution in [0, 0.1) is 16.0 Å². The fourth-order valence-corrected chi connectivity index (χ4v) is 2.68. The first-order valence-electron chi connectivity index (χ1n) is 8.76. The molecule has 27 heavy (non-hydrogen) atoms. The molecule has 150 valence electrons. The number of morpholine rings is 1. The number of thiocarbonyl (C=S) groups is 1. The number of hydrazine groups is 1. The summed E-state index contributed by atoms with van der Waals surface area (Å²) in [5, 5.41) is 17.9. The van der Waals surface area contributed by atoms with Gasteiger partial charge in [-0.3, -0.25) is 35.3 Å². The molecule has 1 aromatic heterocycles. The van der Waals surface area contributed by atoms with E-state index < -0.39 is 10.8 Å². The zero-order valence-electron chi connectivity index (χ0n) is 15.2. The Kier molecular flexibility index (Phi) is 8.36. The highest BCUT2D eigenvalue weighted by molar-refractivity contribution is 7.80. The molecule has 1 saturated heterocycles. The van der Waals surface area contributed by atoms with Crippen molar-refractivity contribution in [3.63, 3.8) is 0 Å². The summed E-state index contributed by atoms with van der Waals surface area (Å²) in [4.78, 5) is 24.5. The lowest BCUT2D eigenvalue weighted by molar-refractivity contribution is -0.385. The van der Waals surface area contributed by atoms with Crippen LogP contribution in [0.2, 0.25) is 0 Å². The van der Waals surface area contributed by atoms with E-state index in [1.165, 1.54) is 10.9 Å². The summed E-state index contributed by atoms with van der Waals surface area (Å²) in [5.41, 5.74) is 5.08. The van der Waals surface area contributed by atoms with Crippen LogP contribution in [0.4, 0.5) is 5.69 Å². The number of nitrogens with zero attached hydrogens (tertiary/aromatic N) is 4. The lowest BCUT2D eigenvalue weighted by Gasteiger charge is -2.26. The smallest absolute Gasteiger partial charge is 0.306 e. The lowest BCUT2D eigenvalue weighted by Crippen LogP contribution is -2.49. The Morgan fingerprint density at radius 1 is 1.44 bits per heavy atom. The molecule has 1 fully saturated rings. The average Bonchev–Trinajstić information content (AvgIpc) is 3.13. The van der Waals surface area contributed by atoms with Gasteiger partial charge in [-0.25, -0.2) is 0 Å². The maximum Gasteiger partial charge on any atom is 0.306 e. The van der Waals surface area contributed by atoms with Crippen LogP contribution in [0.1, 0.15) is 13.3 Å². The normalized spacial score (nSPS) is 15.7. The van der Waals surface area contributed by atoms with Crippen molar-refractivity contribution in [1.82, 2.24) is 30.8 Å². The third kappa shape index (κ3) is 7.45. The molecule has 3 N–H and O–H groups in total. The van der Waals surface area contributed by atoms with Gasteiger partial charge in [0.25, 0.3) is 0 Å². The maximum atomic E-state index is 12.1. The molecule has 1 atom stereocenters. The second-order valence-electron chi connectivity index (χ2n) is 6.26. The number of ether oxygens (including phenoxy) is 1. The molecule has 0 radical (unpaired) electrons. The highest BCUT2D eigenvalue weighted by Gasteiger charge is 2.16. The molecule has 12 heteroatoms. The first kappa shape index (κ1) is 21.0.